The summed E-state index contributed by atoms with van der Waals surface area (Å²) in [6.07, 6.45) is -1.15. The molecule has 0 saturated carbocycles. The first-order valence-corrected chi connectivity index (χ1v) is 10.2. The molecule has 0 spiro atoms. The first-order chi connectivity index (χ1) is 13.7. The molecule has 1 unspecified atom stereocenters. The van der Waals surface area contributed by atoms with Gasteiger partial charge in [0.25, 0.3) is 0 Å². The molecule has 0 N–H and O–H groups in total. The molecule has 0 aromatic heterocycles. The molecule has 1 atom stereocenters. The van der Waals surface area contributed by atoms with Crippen molar-refractivity contribution in [3.63, 3.8) is 0 Å². The van der Waals surface area contributed by atoms with Gasteiger partial charge in [0, 0.05) is 18.7 Å². The van der Waals surface area contributed by atoms with Crippen LogP contribution in [0.2, 0.25) is 0 Å². The number of benzene rings is 2. The van der Waals surface area contributed by atoms with E-state index in [-0.39, 0.29) is 37.4 Å². The zero-order valence-electron chi connectivity index (χ0n) is 15.4. The van der Waals surface area contributed by atoms with Crippen LogP contribution >= 0.6 is 0 Å². The molecular formula is C19H18F3NO5S. The molecule has 1 aliphatic heterocycles. The summed E-state index contributed by atoms with van der Waals surface area (Å²) in [4.78, 5) is 11.7. The largest absolute Gasteiger partial charge is 0.454 e. The van der Waals surface area contributed by atoms with E-state index in [1.807, 2.05) is 0 Å². The topological polar surface area (TPSA) is 72.9 Å². The van der Waals surface area contributed by atoms with Gasteiger partial charge >= 0.3 is 5.97 Å². The van der Waals surface area contributed by atoms with Gasteiger partial charge in [0.05, 0.1) is 18.8 Å². The number of carbonyl (C=O) groups excluding carboxylic acids is 1. The summed E-state index contributed by atoms with van der Waals surface area (Å²) in [5, 5.41) is 0. The Bertz CT molecular complexity index is 1020. The summed E-state index contributed by atoms with van der Waals surface area (Å²) >= 11 is 0. The molecule has 156 valence electrons. The molecule has 3 rings (SSSR count). The van der Waals surface area contributed by atoms with Gasteiger partial charge < -0.3 is 9.47 Å². The van der Waals surface area contributed by atoms with E-state index in [2.05, 4.69) is 0 Å². The van der Waals surface area contributed by atoms with Crippen molar-refractivity contribution < 1.29 is 35.9 Å². The predicted molar refractivity (Wildman–Crippen MR) is 96.2 cm³/mol. The minimum atomic E-state index is -4.18. The second-order valence-electron chi connectivity index (χ2n) is 6.38. The lowest BCUT2D eigenvalue weighted by atomic mass is 10.1. The number of hydrogen-bond acceptors (Lipinski definition) is 5. The molecule has 1 heterocycles. The molecule has 29 heavy (non-hydrogen) atoms. The van der Waals surface area contributed by atoms with Gasteiger partial charge in [-0.1, -0.05) is 0 Å². The van der Waals surface area contributed by atoms with Crippen LogP contribution in [0.15, 0.2) is 41.3 Å². The Kier molecular flexibility index (Phi) is 6.25. The summed E-state index contributed by atoms with van der Waals surface area (Å²) in [5.74, 6) is -3.48. The fourth-order valence-electron chi connectivity index (χ4n) is 2.87. The number of carbonyl (C=O) groups is 1. The molecule has 2 aromatic carbocycles. The monoisotopic (exact) mass is 429 g/mol. The standard InChI is InChI=1S/C19H18F3NO5S/c1-12(15-11-14(20)3-5-16(15)21)28-19(24)13-2-4-17(22)18(10-13)29(25,26)23-6-8-27-9-7-23/h2-5,10-12H,6-9H2,1H3. The van der Waals surface area contributed by atoms with Gasteiger partial charge in [-0.2, -0.15) is 4.31 Å². The summed E-state index contributed by atoms with van der Waals surface area (Å²) in [7, 11) is -4.18. The maximum absolute atomic E-state index is 14.2. The van der Waals surface area contributed by atoms with Crippen LogP contribution in [0.3, 0.4) is 0 Å². The summed E-state index contributed by atoms with van der Waals surface area (Å²) in [6, 6.07) is 5.50. The number of ether oxygens (including phenoxy) is 2. The van der Waals surface area contributed by atoms with E-state index in [1.54, 1.807) is 0 Å². The van der Waals surface area contributed by atoms with Crippen molar-refractivity contribution in [1.82, 2.24) is 4.31 Å². The number of rotatable bonds is 5. The molecule has 0 radical (unpaired) electrons. The first-order valence-electron chi connectivity index (χ1n) is 8.73. The summed E-state index contributed by atoms with van der Waals surface area (Å²) < 4.78 is 78.1. The van der Waals surface area contributed by atoms with E-state index in [4.69, 9.17) is 9.47 Å². The SMILES string of the molecule is CC(OC(=O)c1ccc(F)c(S(=O)(=O)N2CCOCC2)c1)c1cc(F)ccc1F. The molecule has 6 nitrogen and oxygen atoms in total. The minimum Gasteiger partial charge on any atom is -0.454 e. The maximum Gasteiger partial charge on any atom is 0.338 e. The number of hydrogen-bond donors (Lipinski definition) is 0. The molecule has 0 bridgehead atoms. The number of sulfonamides is 1. The van der Waals surface area contributed by atoms with Gasteiger partial charge in [0.2, 0.25) is 10.0 Å². The number of nitrogens with zero attached hydrogens (tertiary/aromatic N) is 1. The Morgan fingerprint density at radius 2 is 1.72 bits per heavy atom. The molecular weight excluding hydrogens is 411 g/mol. The number of halogens is 3. The van der Waals surface area contributed by atoms with Gasteiger partial charge in [-0.3, -0.25) is 0 Å². The van der Waals surface area contributed by atoms with Crippen molar-refractivity contribution in [2.45, 2.75) is 17.9 Å². The van der Waals surface area contributed by atoms with Gasteiger partial charge in [0.1, 0.15) is 28.5 Å². The zero-order valence-corrected chi connectivity index (χ0v) is 16.2. The van der Waals surface area contributed by atoms with Crippen LogP contribution < -0.4 is 0 Å². The maximum atomic E-state index is 14.2. The molecule has 0 amide bonds. The Hall–Kier alpha value is -2.43. The van der Waals surface area contributed by atoms with Crippen molar-refractivity contribution in [2.24, 2.45) is 0 Å². The lowest BCUT2D eigenvalue weighted by Crippen LogP contribution is -2.41. The highest BCUT2D eigenvalue weighted by atomic mass is 32.2. The average molecular weight is 429 g/mol. The smallest absolute Gasteiger partial charge is 0.338 e. The summed E-state index contributed by atoms with van der Waals surface area (Å²) in [6.45, 7) is 1.82. The van der Waals surface area contributed by atoms with Gasteiger partial charge in [0.15, 0.2) is 0 Å². The van der Waals surface area contributed by atoms with Crippen LogP contribution in [0, 0.1) is 17.5 Å². The lowest BCUT2D eigenvalue weighted by molar-refractivity contribution is 0.0330. The van der Waals surface area contributed by atoms with E-state index in [9.17, 15) is 26.4 Å². The third-order valence-corrected chi connectivity index (χ3v) is 6.35. The molecule has 1 aliphatic rings. The lowest BCUT2D eigenvalue weighted by Gasteiger charge is -2.26. The predicted octanol–water partition coefficient (Wildman–Crippen LogP) is 3.04. The highest BCUT2D eigenvalue weighted by molar-refractivity contribution is 7.89. The average Bonchev–Trinajstić information content (AvgIpc) is 2.70. The van der Waals surface area contributed by atoms with E-state index < -0.39 is 44.4 Å². The van der Waals surface area contributed by atoms with Crippen molar-refractivity contribution >= 4 is 16.0 Å². The molecule has 2 aromatic rings. The first kappa shape index (κ1) is 21.3. The Labute approximate surface area is 165 Å². The summed E-state index contributed by atoms with van der Waals surface area (Å²) in [5.41, 5.74) is -0.413. The second kappa shape index (κ2) is 8.52. The van der Waals surface area contributed by atoms with Crippen molar-refractivity contribution in [3.8, 4) is 0 Å². The highest BCUT2D eigenvalue weighted by Gasteiger charge is 2.30. The molecule has 1 saturated heterocycles. The van der Waals surface area contributed by atoms with Crippen LogP contribution in [0.25, 0.3) is 0 Å². The van der Waals surface area contributed by atoms with Crippen molar-refractivity contribution in [2.75, 3.05) is 26.3 Å². The van der Waals surface area contributed by atoms with Gasteiger partial charge in [-0.25, -0.2) is 26.4 Å². The van der Waals surface area contributed by atoms with Crippen LogP contribution in [0.5, 0.6) is 0 Å². The molecule has 10 heteroatoms. The highest BCUT2D eigenvalue weighted by Crippen LogP contribution is 2.25. The fourth-order valence-corrected chi connectivity index (χ4v) is 4.37. The third kappa shape index (κ3) is 4.60. The Morgan fingerprint density at radius 3 is 2.41 bits per heavy atom. The molecule has 0 aliphatic carbocycles. The number of morpholine rings is 1. The van der Waals surface area contributed by atoms with Gasteiger partial charge in [-0.05, 0) is 43.3 Å². The van der Waals surface area contributed by atoms with Crippen LogP contribution in [-0.4, -0.2) is 45.0 Å². The Balaban J connectivity index is 1.85. The third-order valence-electron chi connectivity index (χ3n) is 4.43. The number of esters is 1. The Morgan fingerprint density at radius 1 is 1.07 bits per heavy atom. The van der Waals surface area contributed by atoms with Crippen LogP contribution in [0.1, 0.15) is 28.9 Å². The normalized spacial score (nSPS) is 16.4. The molecule has 1 fully saturated rings. The van der Waals surface area contributed by atoms with E-state index in [1.165, 1.54) is 6.92 Å². The fraction of sp³-hybridized carbons (Fsp3) is 0.316. The van der Waals surface area contributed by atoms with Gasteiger partial charge in [-0.15, -0.1) is 0 Å². The quantitative estimate of drug-likeness (QED) is 0.684. The van der Waals surface area contributed by atoms with E-state index in [0.29, 0.717) is 0 Å². The zero-order chi connectivity index (χ0) is 21.2. The second-order valence-corrected chi connectivity index (χ2v) is 8.28. The van der Waals surface area contributed by atoms with Crippen LogP contribution in [-0.2, 0) is 19.5 Å². The van der Waals surface area contributed by atoms with Crippen molar-refractivity contribution in [3.05, 3.63) is 65.0 Å². The van der Waals surface area contributed by atoms with Crippen molar-refractivity contribution in [1.29, 1.82) is 0 Å². The van der Waals surface area contributed by atoms with E-state index >= 15 is 0 Å². The van der Waals surface area contributed by atoms with Crippen LogP contribution in [0.4, 0.5) is 13.2 Å². The van der Waals surface area contributed by atoms with E-state index in [0.717, 1.165) is 40.7 Å². The minimum absolute atomic E-state index is 0.0618.